The van der Waals surface area contributed by atoms with E-state index in [1.807, 2.05) is 12.4 Å². The largest absolute Gasteiger partial charge is 0.352 e. The summed E-state index contributed by atoms with van der Waals surface area (Å²) in [4.78, 5) is 20.6. The van der Waals surface area contributed by atoms with E-state index in [0.717, 1.165) is 52.0 Å². The molecule has 1 amide bonds. The Hall–Kier alpha value is -1.46. The molecule has 3 rings (SSSR count). The molecule has 0 aromatic carbocycles. The van der Waals surface area contributed by atoms with Crippen molar-refractivity contribution in [2.24, 2.45) is 0 Å². The number of nitrogens with one attached hydrogen (secondary N) is 1. The second-order valence-electron chi connectivity index (χ2n) is 6.07. The van der Waals surface area contributed by atoms with E-state index in [1.54, 1.807) is 0 Å². The predicted molar refractivity (Wildman–Crippen MR) is 82.0 cm³/mol. The fraction of sp³-hybridized carbons (Fsp3) is 0.625. The Morgan fingerprint density at radius 1 is 1.14 bits per heavy atom. The quantitative estimate of drug-likeness (QED) is 0.829. The van der Waals surface area contributed by atoms with Crippen molar-refractivity contribution in [3.05, 3.63) is 30.1 Å². The maximum atomic E-state index is 11.8. The average molecular weight is 288 g/mol. The highest BCUT2D eigenvalue weighted by Crippen LogP contribution is 2.18. The molecule has 5 heteroatoms. The maximum Gasteiger partial charge on any atom is 0.234 e. The lowest BCUT2D eigenvalue weighted by Gasteiger charge is -2.34. The molecule has 1 aliphatic carbocycles. The normalized spacial score (nSPS) is 20.4. The molecule has 5 nitrogen and oxygen atoms in total. The lowest BCUT2D eigenvalue weighted by Crippen LogP contribution is -2.50. The Morgan fingerprint density at radius 2 is 1.81 bits per heavy atom. The summed E-state index contributed by atoms with van der Waals surface area (Å²) in [6.45, 7) is 5.76. The third-order valence-corrected chi connectivity index (χ3v) is 4.24. The molecule has 0 spiro atoms. The summed E-state index contributed by atoms with van der Waals surface area (Å²) < 4.78 is 0. The summed E-state index contributed by atoms with van der Waals surface area (Å²) in [6.07, 6.45) is 7.10. The Kier molecular flexibility index (Phi) is 4.83. The molecule has 114 valence electrons. The first-order valence-electron chi connectivity index (χ1n) is 7.92. The van der Waals surface area contributed by atoms with E-state index in [9.17, 15) is 4.79 Å². The fourth-order valence-corrected chi connectivity index (χ4v) is 2.71. The highest BCUT2D eigenvalue weighted by atomic mass is 16.2. The number of piperazine rings is 1. The molecule has 2 heterocycles. The van der Waals surface area contributed by atoms with Crippen LogP contribution >= 0.6 is 0 Å². The van der Waals surface area contributed by atoms with Gasteiger partial charge in [0, 0.05) is 51.2 Å². The van der Waals surface area contributed by atoms with Gasteiger partial charge in [-0.3, -0.25) is 14.7 Å². The summed E-state index contributed by atoms with van der Waals surface area (Å²) in [6, 6.07) is 4.64. The Labute approximate surface area is 126 Å². The highest BCUT2D eigenvalue weighted by molar-refractivity contribution is 5.78. The molecule has 1 aromatic rings. The van der Waals surface area contributed by atoms with Crippen LogP contribution in [0.3, 0.4) is 0 Å². The molecule has 0 radical (unpaired) electrons. The molecule has 2 fully saturated rings. The van der Waals surface area contributed by atoms with E-state index in [-0.39, 0.29) is 5.91 Å². The van der Waals surface area contributed by atoms with Crippen LogP contribution in [0, 0.1) is 0 Å². The molecule has 1 aromatic heterocycles. The third-order valence-electron chi connectivity index (χ3n) is 4.24. The number of aromatic nitrogens is 1. The average Bonchev–Trinajstić information content (AvgIpc) is 3.31. The van der Waals surface area contributed by atoms with Gasteiger partial charge in [0.05, 0.1) is 6.54 Å². The van der Waals surface area contributed by atoms with E-state index in [0.29, 0.717) is 12.6 Å². The van der Waals surface area contributed by atoms with Crippen LogP contribution in [0.4, 0.5) is 0 Å². The van der Waals surface area contributed by atoms with E-state index in [1.165, 1.54) is 5.56 Å². The molecule has 1 saturated carbocycles. The van der Waals surface area contributed by atoms with Crippen molar-refractivity contribution in [2.45, 2.75) is 25.3 Å². The number of rotatable bonds is 6. The van der Waals surface area contributed by atoms with Crippen LogP contribution in [0.2, 0.25) is 0 Å². The second kappa shape index (κ2) is 7.00. The monoisotopic (exact) mass is 288 g/mol. The fourth-order valence-electron chi connectivity index (χ4n) is 2.71. The van der Waals surface area contributed by atoms with E-state index in [2.05, 4.69) is 32.2 Å². The number of hydrogen-bond acceptors (Lipinski definition) is 4. The van der Waals surface area contributed by atoms with Gasteiger partial charge in [-0.25, -0.2) is 0 Å². The van der Waals surface area contributed by atoms with Gasteiger partial charge >= 0.3 is 0 Å². The minimum Gasteiger partial charge on any atom is -0.352 e. The van der Waals surface area contributed by atoms with Gasteiger partial charge < -0.3 is 10.2 Å². The van der Waals surface area contributed by atoms with Crippen LogP contribution in [0.25, 0.3) is 0 Å². The predicted octanol–water partition coefficient (Wildman–Crippen LogP) is 0.520. The number of pyridine rings is 1. The van der Waals surface area contributed by atoms with Crippen molar-refractivity contribution >= 4 is 5.91 Å². The Balaban J connectivity index is 1.33. The molecule has 1 saturated heterocycles. The van der Waals surface area contributed by atoms with Crippen molar-refractivity contribution < 1.29 is 4.79 Å². The van der Waals surface area contributed by atoms with Gasteiger partial charge in [-0.1, -0.05) is 0 Å². The highest BCUT2D eigenvalue weighted by Gasteiger charge is 2.25. The summed E-state index contributed by atoms with van der Waals surface area (Å²) >= 11 is 0. The van der Waals surface area contributed by atoms with Crippen molar-refractivity contribution in [1.29, 1.82) is 0 Å². The van der Waals surface area contributed by atoms with Gasteiger partial charge in [0.2, 0.25) is 5.91 Å². The zero-order chi connectivity index (χ0) is 14.5. The van der Waals surface area contributed by atoms with Crippen LogP contribution in [0.1, 0.15) is 18.4 Å². The SMILES string of the molecule is O=C(CN1CCN(CCc2ccncc2)CC1)NC1CC1. The van der Waals surface area contributed by atoms with Crippen LogP contribution < -0.4 is 5.32 Å². The van der Waals surface area contributed by atoms with Crippen molar-refractivity contribution in [3.8, 4) is 0 Å². The zero-order valence-corrected chi connectivity index (χ0v) is 12.5. The van der Waals surface area contributed by atoms with Crippen LogP contribution in [-0.2, 0) is 11.2 Å². The number of hydrogen-bond donors (Lipinski definition) is 1. The molecule has 0 atom stereocenters. The Bertz CT molecular complexity index is 453. The second-order valence-corrected chi connectivity index (χ2v) is 6.07. The maximum absolute atomic E-state index is 11.8. The topological polar surface area (TPSA) is 48.5 Å². The first kappa shape index (κ1) is 14.5. The van der Waals surface area contributed by atoms with Crippen LogP contribution in [0.5, 0.6) is 0 Å². The van der Waals surface area contributed by atoms with Crippen molar-refractivity contribution in [1.82, 2.24) is 20.1 Å². The molecule has 0 unspecified atom stereocenters. The van der Waals surface area contributed by atoms with Gasteiger partial charge in [0.25, 0.3) is 0 Å². The molecular formula is C16H24N4O. The van der Waals surface area contributed by atoms with Gasteiger partial charge in [-0.15, -0.1) is 0 Å². The number of carbonyl (C=O) groups is 1. The summed E-state index contributed by atoms with van der Waals surface area (Å²) in [5, 5.41) is 3.06. The lowest BCUT2D eigenvalue weighted by molar-refractivity contribution is -0.122. The number of nitrogens with zero attached hydrogens (tertiary/aromatic N) is 3. The van der Waals surface area contributed by atoms with Crippen LogP contribution in [-0.4, -0.2) is 66.0 Å². The van der Waals surface area contributed by atoms with Crippen LogP contribution in [0.15, 0.2) is 24.5 Å². The minimum atomic E-state index is 0.197. The molecule has 21 heavy (non-hydrogen) atoms. The first-order valence-corrected chi connectivity index (χ1v) is 7.92. The van der Waals surface area contributed by atoms with E-state index in [4.69, 9.17) is 0 Å². The van der Waals surface area contributed by atoms with Crippen molar-refractivity contribution in [3.63, 3.8) is 0 Å². The molecule has 1 N–H and O–H groups in total. The minimum absolute atomic E-state index is 0.197. The first-order chi connectivity index (χ1) is 10.3. The van der Waals surface area contributed by atoms with E-state index < -0.39 is 0 Å². The lowest BCUT2D eigenvalue weighted by atomic mass is 10.2. The standard InChI is InChI=1S/C16H24N4O/c21-16(18-15-1-2-15)13-20-11-9-19(10-12-20)8-5-14-3-6-17-7-4-14/h3-4,6-7,15H,1-2,5,8-13H2,(H,18,21). The van der Waals surface area contributed by atoms with Gasteiger partial charge in [-0.05, 0) is 37.0 Å². The number of carbonyl (C=O) groups excluding carboxylic acids is 1. The third kappa shape index (κ3) is 4.79. The summed E-state index contributed by atoms with van der Waals surface area (Å²) in [7, 11) is 0. The molecular weight excluding hydrogens is 264 g/mol. The summed E-state index contributed by atoms with van der Waals surface area (Å²) in [5.74, 6) is 0.197. The van der Waals surface area contributed by atoms with Crippen molar-refractivity contribution in [2.75, 3.05) is 39.3 Å². The van der Waals surface area contributed by atoms with Gasteiger partial charge in [-0.2, -0.15) is 0 Å². The molecule has 1 aliphatic heterocycles. The Morgan fingerprint density at radius 3 is 2.48 bits per heavy atom. The molecule has 2 aliphatic rings. The van der Waals surface area contributed by atoms with E-state index >= 15 is 0 Å². The summed E-state index contributed by atoms with van der Waals surface area (Å²) in [5.41, 5.74) is 1.34. The van der Waals surface area contributed by atoms with Gasteiger partial charge in [0.1, 0.15) is 0 Å². The molecule has 0 bridgehead atoms. The zero-order valence-electron chi connectivity index (χ0n) is 12.5. The smallest absolute Gasteiger partial charge is 0.234 e. The number of amides is 1. The van der Waals surface area contributed by atoms with Gasteiger partial charge in [0.15, 0.2) is 0 Å².